The van der Waals surface area contributed by atoms with Crippen molar-refractivity contribution in [2.24, 2.45) is 0 Å². The summed E-state index contributed by atoms with van der Waals surface area (Å²) in [6, 6.07) is 8.81. The summed E-state index contributed by atoms with van der Waals surface area (Å²) in [6.45, 7) is 5.36. The molecule has 5 rings (SSSR count). The Kier molecular flexibility index (Phi) is 5.80. The summed E-state index contributed by atoms with van der Waals surface area (Å²) in [6.07, 6.45) is -2.02. The second-order valence-electron chi connectivity index (χ2n) is 10.1. The molecule has 2 aromatic heterocycles. The number of aryl methyl sites for hydroxylation is 1. The minimum Gasteiger partial charge on any atom is -0.402 e. The average molecular weight is 519 g/mol. The van der Waals surface area contributed by atoms with Crippen molar-refractivity contribution in [3.8, 4) is 17.0 Å². The van der Waals surface area contributed by atoms with E-state index in [1.165, 1.54) is 24.4 Å². The zero-order valence-corrected chi connectivity index (χ0v) is 20.3. The zero-order valence-electron chi connectivity index (χ0n) is 20.3. The van der Waals surface area contributed by atoms with Gasteiger partial charge in [-0.05, 0) is 56.5 Å². The summed E-state index contributed by atoms with van der Waals surface area (Å²) >= 11 is 0. The van der Waals surface area contributed by atoms with E-state index >= 15 is 0 Å². The molecule has 2 amide bonds. The van der Waals surface area contributed by atoms with Gasteiger partial charge in [-0.25, -0.2) is 14.2 Å². The molecule has 2 aliphatic rings. The number of amides is 2. The number of carbonyl (C=O) groups is 1. The van der Waals surface area contributed by atoms with E-state index in [1.807, 2.05) is 24.6 Å². The van der Waals surface area contributed by atoms with Crippen LogP contribution in [-0.2, 0) is 17.5 Å². The first-order chi connectivity index (χ1) is 17.4. The molecule has 2 aliphatic heterocycles. The fraction of sp³-hybridized carbons (Fsp3) is 0.400. The van der Waals surface area contributed by atoms with Gasteiger partial charge in [-0.15, -0.1) is 13.2 Å². The Hall–Kier alpha value is -3.83. The number of carbonyl (C=O) groups excluding carboxylic acids is 1. The number of nitrogens with one attached hydrogen (secondary N) is 1. The number of nitrogens with two attached hydrogens (primary N) is 1. The molecule has 0 saturated carbocycles. The third-order valence-electron chi connectivity index (χ3n) is 7.16. The second kappa shape index (κ2) is 8.63. The highest BCUT2D eigenvalue weighted by Gasteiger charge is 2.47. The number of rotatable bonds is 4. The number of nitrogen functional groups attached to an aromatic ring is 1. The SMILES string of the molecule is CC(C)(NC(=O)N1CCC2(CCn3nc(-c4cnc(N)c(OC(F)(F)F)c4)cc32)C1)c1ccc(F)cc1. The van der Waals surface area contributed by atoms with Gasteiger partial charge in [0.2, 0.25) is 0 Å². The van der Waals surface area contributed by atoms with Gasteiger partial charge in [-0.2, -0.15) is 5.10 Å². The predicted molar refractivity (Wildman–Crippen MR) is 127 cm³/mol. The van der Waals surface area contributed by atoms with Crippen LogP contribution in [0, 0.1) is 5.82 Å². The average Bonchev–Trinajstić information content (AvgIpc) is 3.51. The molecule has 12 heteroatoms. The highest BCUT2D eigenvalue weighted by molar-refractivity contribution is 5.76. The molecule has 0 radical (unpaired) electrons. The monoisotopic (exact) mass is 518 g/mol. The van der Waals surface area contributed by atoms with Crippen LogP contribution in [0.2, 0.25) is 0 Å². The molecule has 0 aliphatic carbocycles. The summed E-state index contributed by atoms with van der Waals surface area (Å²) in [5.41, 5.74) is 7.04. The van der Waals surface area contributed by atoms with Gasteiger partial charge in [0, 0.05) is 42.5 Å². The summed E-state index contributed by atoms with van der Waals surface area (Å²) in [5, 5.41) is 7.61. The van der Waals surface area contributed by atoms with E-state index in [0.717, 1.165) is 24.1 Å². The lowest BCUT2D eigenvalue weighted by Crippen LogP contribution is -2.48. The summed E-state index contributed by atoms with van der Waals surface area (Å²) in [5.74, 6) is -1.30. The maximum atomic E-state index is 13.3. The third-order valence-corrected chi connectivity index (χ3v) is 7.16. The molecule has 1 aromatic carbocycles. The number of pyridine rings is 1. The quantitative estimate of drug-likeness (QED) is 0.494. The van der Waals surface area contributed by atoms with E-state index in [-0.39, 0.29) is 23.1 Å². The Morgan fingerprint density at radius 1 is 1.14 bits per heavy atom. The molecule has 4 heterocycles. The topological polar surface area (TPSA) is 98.3 Å². The van der Waals surface area contributed by atoms with Crippen molar-refractivity contribution in [1.29, 1.82) is 0 Å². The molecule has 0 bridgehead atoms. The highest BCUT2D eigenvalue weighted by Crippen LogP contribution is 2.44. The molecule has 196 valence electrons. The van der Waals surface area contributed by atoms with E-state index in [2.05, 4.69) is 20.1 Å². The van der Waals surface area contributed by atoms with Gasteiger partial charge in [0.1, 0.15) is 5.82 Å². The molecular formula is C25H26F4N6O2. The summed E-state index contributed by atoms with van der Waals surface area (Å²) in [4.78, 5) is 18.7. The maximum absolute atomic E-state index is 13.3. The molecule has 1 fully saturated rings. The largest absolute Gasteiger partial charge is 0.573 e. The zero-order chi connectivity index (χ0) is 26.6. The summed E-state index contributed by atoms with van der Waals surface area (Å²) < 4.78 is 57.3. The molecule has 3 N–H and O–H groups in total. The van der Waals surface area contributed by atoms with Crippen LogP contribution in [0.15, 0.2) is 42.6 Å². The number of halogens is 4. The van der Waals surface area contributed by atoms with Crippen LogP contribution < -0.4 is 15.8 Å². The normalized spacial score (nSPS) is 19.4. The van der Waals surface area contributed by atoms with Gasteiger partial charge in [-0.1, -0.05) is 12.1 Å². The Morgan fingerprint density at radius 3 is 2.54 bits per heavy atom. The number of aromatic nitrogens is 3. The minimum absolute atomic E-state index is 0.221. The van der Waals surface area contributed by atoms with Gasteiger partial charge in [0.25, 0.3) is 0 Å². The lowest BCUT2D eigenvalue weighted by Gasteiger charge is -2.30. The number of alkyl halides is 3. The molecule has 1 atom stereocenters. The van der Waals surface area contributed by atoms with Gasteiger partial charge >= 0.3 is 12.4 Å². The predicted octanol–water partition coefficient (Wildman–Crippen LogP) is 4.56. The smallest absolute Gasteiger partial charge is 0.402 e. The first-order valence-electron chi connectivity index (χ1n) is 11.8. The molecular weight excluding hydrogens is 492 g/mol. The molecule has 1 spiro atoms. The Bertz CT molecular complexity index is 1340. The standard InChI is InChI=1S/C25H26F4N6O2/c1-23(2,16-3-5-17(26)6-4-16)32-22(36)34-9-7-24(14-34)8-10-35-20(24)12-18(33-35)15-11-19(21(30)31-13-15)37-25(27,28)29/h3-6,11-13H,7-10,14H2,1-2H3,(H2,30,31)(H,32,36). The van der Waals surface area contributed by atoms with Gasteiger partial charge in [0.15, 0.2) is 11.6 Å². The number of hydrogen-bond acceptors (Lipinski definition) is 5. The number of likely N-dealkylation sites (tertiary alicyclic amines) is 1. The maximum Gasteiger partial charge on any atom is 0.573 e. The van der Waals surface area contributed by atoms with Crippen molar-refractivity contribution in [3.05, 3.63) is 59.7 Å². The number of hydrogen-bond donors (Lipinski definition) is 2. The van der Waals surface area contributed by atoms with Crippen molar-refractivity contribution in [2.45, 2.75) is 50.6 Å². The van der Waals surface area contributed by atoms with Crippen LogP contribution in [-0.4, -0.2) is 45.1 Å². The van der Waals surface area contributed by atoms with Crippen LogP contribution in [0.25, 0.3) is 11.3 Å². The van der Waals surface area contributed by atoms with Crippen LogP contribution >= 0.6 is 0 Å². The fourth-order valence-corrected chi connectivity index (χ4v) is 5.15. The van der Waals surface area contributed by atoms with E-state index in [4.69, 9.17) is 5.73 Å². The molecule has 1 saturated heterocycles. The van der Waals surface area contributed by atoms with Crippen LogP contribution in [0.5, 0.6) is 5.75 Å². The van der Waals surface area contributed by atoms with E-state index in [1.54, 1.807) is 17.0 Å². The van der Waals surface area contributed by atoms with Crippen molar-refractivity contribution in [1.82, 2.24) is 25.0 Å². The minimum atomic E-state index is -4.90. The lowest BCUT2D eigenvalue weighted by molar-refractivity contribution is -0.274. The third kappa shape index (κ3) is 4.79. The van der Waals surface area contributed by atoms with Crippen molar-refractivity contribution in [2.75, 3.05) is 18.8 Å². The Morgan fingerprint density at radius 2 is 1.84 bits per heavy atom. The molecule has 1 unspecified atom stereocenters. The van der Waals surface area contributed by atoms with Crippen LogP contribution in [0.4, 0.5) is 28.2 Å². The number of ether oxygens (including phenoxy) is 1. The number of benzene rings is 1. The number of anilines is 1. The van der Waals surface area contributed by atoms with Crippen LogP contribution in [0.3, 0.4) is 0 Å². The van der Waals surface area contributed by atoms with Gasteiger partial charge in [0.05, 0.1) is 11.2 Å². The first-order valence-corrected chi connectivity index (χ1v) is 11.8. The summed E-state index contributed by atoms with van der Waals surface area (Å²) in [7, 11) is 0. The number of urea groups is 1. The first kappa shape index (κ1) is 24.8. The van der Waals surface area contributed by atoms with Crippen LogP contribution in [0.1, 0.15) is 37.9 Å². The van der Waals surface area contributed by atoms with Gasteiger partial charge in [-0.3, -0.25) is 4.68 Å². The molecule has 3 aromatic rings. The van der Waals surface area contributed by atoms with Crippen molar-refractivity contribution in [3.63, 3.8) is 0 Å². The second-order valence-corrected chi connectivity index (χ2v) is 10.1. The number of nitrogens with zero attached hydrogens (tertiary/aromatic N) is 4. The van der Waals surface area contributed by atoms with E-state index in [9.17, 15) is 22.4 Å². The van der Waals surface area contributed by atoms with E-state index < -0.39 is 17.7 Å². The Balaban J connectivity index is 1.33. The lowest BCUT2D eigenvalue weighted by atomic mass is 9.82. The fourth-order valence-electron chi connectivity index (χ4n) is 5.15. The van der Waals surface area contributed by atoms with Crippen molar-refractivity contribution >= 4 is 11.8 Å². The Labute approximate surface area is 210 Å². The molecule has 37 heavy (non-hydrogen) atoms. The highest BCUT2D eigenvalue weighted by atomic mass is 19.4. The van der Waals surface area contributed by atoms with Gasteiger partial charge < -0.3 is 20.7 Å². The van der Waals surface area contributed by atoms with Crippen molar-refractivity contribution < 1.29 is 27.1 Å². The molecule has 8 nitrogen and oxygen atoms in total. The number of fused-ring (bicyclic) bond motifs is 2. The van der Waals surface area contributed by atoms with E-state index in [0.29, 0.717) is 30.9 Å².